The number of piperidine rings is 1. The smallest absolute Gasteiger partial charge is 0.267 e. The molecule has 0 aliphatic carbocycles. The van der Waals surface area contributed by atoms with Crippen LogP contribution in [0, 0.1) is 0 Å². The Morgan fingerprint density at radius 3 is 2.83 bits per heavy atom. The number of carbonyl (C=O) groups excluding carboxylic acids is 2. The Morgan fingerprint density at radius 2 is 2.08 bits per heavy atom. The summed E-state index contributed by atoms with van der Waals surface area (Å²) < 4.78 is 32.4. The summed E-state index contributed by atoms with van der Waals surface area (Å²) >= 11 is 5.96. The number of carbonyl (C=O) groups is 2. The van der Waals surface area contributed by atoms with Crippen molar-refractivity contribution in [3.8, 4) is 5.75 Å². The highest BCUT2D eigenvalue weighted by Crippen LogP contribution is 2.35. The van der Waals surface area contributed by atoms with Gasteiger partial charge in [-0.2, -0.15) is 0 Å². The summed E-state index contributed by atoms with van der Waals surface area (Å²) in [6, 6.07) is 2.91. The van der Waals surface area contributed by atoms with Gasteiger partial charge in [0.2, 0.25) is 5.91 Å². The number of halogens is 1. The first-order chi connectivity index (χ1) is 11.4. The number of nitrogens with zero attached hydrogens (tertiary/aromatic N) is 1. The molecule has 0 radical (unpaired) electrons. The standard InChI is InChI=1S/C15H17ClN2O5S/c16-11-7-10-4-6-23-15(10)12(8-11)24(21,22)17-13(19)9-18-5-2-1-3-14(18)20/h7-8H,1-6,9H2,(H,17,19). The van der Waals surface area contributed by atoms with Crippen LogP contribution >= 0.6 is 11.6 Å². The molecule has 1 saturated heterocycles. The van der Waals surface area contributed by atoms with Gasteiger partial charge in [-0.25, -0.2) is 13.1 Å². The maximum Gasteiger partial charge on any atom is 0.267 e. The number of nitrogens with one attached hydrogen (secondary N) is 1. The van der Waals surface area contributed by atoms with Gasteiger partial charge in [0.1, 0.15) is 17.2 Å². The fraction of sp³-hybridized carbons (Fsp3) is 0.467. The lowest BCUT2D eigenvalue weighted by molar-refractivity contribution is -0.137. The van der Waals surface area contributed by atoms with E-state index in [0.29, 0.717) is 31.6 Å². The van der Waals surface area contributed by atoms with E-state index in [0.717, 1.165) is 12.8 Å². The molecular formula is C15H17ClN2O5S. The van der Waals surface area contributed by atoms with Gasteiger partial charge in [-0.15, -0.1) is 0 Å². The maximum atomic E-state index is 12.5. The Bertz CT molecular complexity index is 793. The Balaban J connectivity index is 1.77. The average molecular weight is 373 g/mol. The van der Waals surface area contributed by atoms with Crippen LogP contribution in [0.2, 0.25) is 5.02 Å². The van der Waals surface area contributed by atoms with E-state index in [2.05, 4.69) is 0 Å². The summed E-state index contributed by atoms with van der Waals surface area (Å²) in [4.78, 5) is 25.0. The fourth-order valence-corrected chi connectivity index (χ4v) is 4.37. The molecule has 0 saturated carbocycles. The van der Waals surface area contributed by atoms with Crippen LogP contribution in [0.15, 0.2) is 17.0 Å². The Morgan fingerprint density at radius 1 is 1.29 bits per heavy atom. The molecule has 0 bridgehead atoms. The second-order valence-corrected chi connectivity index (χ2v) is 7.88. The monoisotopic (exact) mass is 372 g/mol. The Hall–Kier alpha value is -1.80. The van der Waals surface area contributed by atoms with Crippen molar-refractivity contribution in [2.45, 2.75) is 30.6 Å². The van der Waals surface area contributed by atoms with E-state index < -0.39 is 15.9 Å². The molecule has 7 nitrogen and oxygen atoms in total. The molecule has 0 atom stereocenters. The van der Waals surface area contributed by atoms with E-state index >= 15 is 0 Å². The highest BCUT2D eigenvalue weighted by Gasteiger charge is 2.29. The van der Waals surface area contributed by atoms with Crippen molar-refractivity contribution in [2.75, 3.05) is 19.7 Å². The quantitative estimate of drug-likeness (QED) is 0.854. The predicted octanol–water partition coefficient (Wildman–Crippen LogP) is 1.09. The number of hydrogen-bond donors (Lipinski definition) is 1. The maximum absolute atomic E-state index is 12.5. The molecule has 2 aliphatic heterocycles. The summed E-state index contributed by atoms with van der Waals surface area (Å²) in [5.41, 5.74) is 0.696. The first-order valence-corrected chi connectivity index (χ1v) is 9.51. The van der Waals surface area contributed by atoms with Gasteiger partial charge in [0.05, 0.1) is 6.61 Å². The molecular weight excluding hydrogens is 356 g/mol. The van der Waals surface area contributed by atoms with E-state index in [-0.39, 0.29) is 28.1 Å². The molecule has 2 heterocycles. The highest BCUT2D eigenvalue weighted by atomic mass is 35.5. The molecule has 9 heteroatoms. The average Bonchev–Trinajstić information content (AvgIpc) is 2.96. The first-order valence-electron chi connectivity index (χ1n) is 7.65. The zero-order valence-corrected chi connectivity index (χ0v) is 14.5. The topological polar surface area (TPSA) is 92.8 Å². The molecule has 1 N–H and O–H groups in total. The van der Waals surface area contributed by atoms with Gasteiger partial charge < -0.3 is 9.64 Å². The fourth-order valence-electron chi connectivity index (χ4n) is 2.87. The molecule has 2 aliphatic rings. The second kappa shape index (κ2) is 6.60. The van der Waals surface area contributed by atoms with E-state index in [4.69, 9.17) is 16.3 Å². The number of benzene rings is 1. The summed E-state index contributed by atoms with van der Waals surface area (Å²) in [7, 11) is -4.12. The van der Waals surface area contributed by atoms with Gasteiger partial charge in [0.25, 0.3) is 15.9 Å². The number of rotatable bonds is 4. The molecule has 1 aromatic rings. The molecule has 24 heavy (non-hydrogen) atoms. The zero-order chi connectivity index (χ0) is 17.3. The highest BCUT2D eigenvalue weighted by molar-refractivity contribution is 7.90. The lowest BCUT2D eigenvalue weighted by Gasteiger charge is -2.25. The van der Waals surface area contributed by atoms with E-state index in [1.807, 2.05) is 4.72 Å². The van der Waals surface area contributed by atoms with Gasteiger partial charge in [-0.05, 0) is 25.0 Å². The van der Waals surface area contributed by atoms with E-state index in [9.17, 15) is 18.0 Å². The molecule has 1 aromatic carbocycles. The summed E-state index contributed by atoms with van der Waals surface area (Å²) in [5, 5.41) is 0.262. The van der Waals surface area contributed by atoms with Crippen molar-refractivity contribution >= 4 is 33.4 Å². The van der Waals surface area contributed by atoms with Gasteiger partial charge in [-0.1, -0.05) is 11.6 Å². The van der Waals surface area contributed by atoms with Gasteiger partial charge in [0.15, 0.2) is 0 Å². The van der Waals surface area contributed by atoms with Crippen molar-refractivity contribution in [1.29, 1.82) is 0 Å². The molecule has 130 valence electrons. The van der Waals surface area contributed by atoms with Crippen molar-refractivity contribution in [3.63, 3.8) is 0 Å². The number of ether oxygens (including phenoxy) is 1. The van der Waals surface area contributed by atoms with Crippen LogP contribution in [0.25, 0.3) is 0 Å². The lowest BCUT2D eigenvalue weighted by atomic mass is 10.1. The lowest BCUT2D eigenvalue weighted by Crippen LogP contribution is -2.44. The number of likely N-dealkylation sites (tertiary alicyclic amines) is 1. The Labute approximate surface area is 145 Å². The van der Waals surface area contributed by atoms with Crippen molar-refractivity contribution in [1.82, 2.24) is 9.62 Å². The van der Waals surface area contributed by atoms with Crippen LogP contribution in [0.5, 0.6) is 5.75 Å². The predicted molar refractivity (Wildman–Crippen MR) is 86.4 cm³/mol. The van der Waals surface area contributed by atoms with Crippen LogP contribution in [0.4, 0.5) is 0 Å². The van der Waals surface area contributed by atoms with E-state index in [1.54, 1.807) is 6.07 Å². The van der Waals surface area contributed by atoms with Crippen LogP contribution in [-0.2, 0) is 26.0 Å². The molecule has 3 rings (SSSR count). The van der Waals surface area contributed by atoms with Crippen molar-refractivity contribution in [2.24, 2.45) is 0 Å². The van der Waals surface area contributed by atoms with Crippen LogP contribution < -0.4 is 9.46 Å². The van der Waals surface area contributed by atoms with Crippen LogP contribution in [0.3, 0.4) is 0 Å². The minimum Gasteiger partial charge on any atom is -0.492 e. The first kappa shape index (κ1) is 17.0. The number of hydrogen-bond acceptors (Lipinski definition) is 5. The zero-order valence-electron chi connectivity index (χ0n) is 12.9. The SMILES string of the molecule is O=C(CN1CCCCC1=O)NS(=O)(=O)c1cc(Cl)cc2c1OCC2. The molecule has 2 amide bonds. The minimum absolute atomic E-state index is 0.138. The van der Waals surface area contributed by atoms with Gasteiger partial charge >= 0.3 is 0 Å². The molecule has 0 aromatic heterocycles. The molecule has 1 fully saturated rings. The van der Waals surface area contributed by atoms with Crippen molar-refractivity contribution < 1.29 is 22.7 Å². The van der Waals surface area contributed by atoms with Crippen LogP contribution in [0.1, 0.15) is 24.8 Å². The van der Waals surface area contributed by atoms with Gasteiger partial charge in [-0.3, -0.25) is 9.59 Å². The number of amides is 2. The third-order valence-electron chi connectivity index (χ3n) is 4.01. The summed E-state index contributed by atoms with van der Waals surface area (Å²) in [6.45, 7) is 0.554. The Kier molecular flexibility index (Phi) is 4.69. The summed E-state index contributed by atoms with van der Waals surface area (Å²) in [5.74, 6) is -0.661. The molecule has 0 unspecified atom stereocenters. The third kappa shape index (κ3) is 3.49. The van der Waals surface area contributed by atoms with Gasteiger partial charge in [0, 0.05) is 30.0 Å². The number of fused-ring (bicyclic) bond motifs is 1. The number of sulfonamides is 1. The summed E-state index contributed by atoms with van der Waals surface area (Å²) in [6.07, 6.45) is 2.55. The molecule has 0 spiro atoms. The normalized spacial score (nSPS) is 17.4. The second-order valence-electron chi connectivity index (χ2n) is 5.79. The van der Waals surface area contributed by atoms with Crippen molar-refractivity contribution in [3.05, 3.63) is 22.7 Å². The third-order valence-corrected chi connectivity index (χ3v) is 5.60. The minimum atomic E-state index is -4.12. The van der Waals surface area contributed by atoms with E-state index in [1.165, 1.54) is 11.0 Å². The largest absolute Gasteiger partial charge is 0.492 e. The van der Waals surface area contributed by atoms with Crippen LogP contribution in [-0.4, -0.2) is 44.8 Å².